The van der Waals surface area contributed by atoms with Crippen molar-refractivity contribution in [2.24, 2.45) is 0 Å². The van der Waals surface area contributed by atoms with E-state index in [9.17, 15) is 14.0 Å². The van der Waals surface area contributed by atoms with Crippen molar-refractivity contribution in [1.29, 1.82) is 0 Å². The van der Waals surface area contributed by atoms with Gasteiger partial charge in [0.05, 0.1) is 24.8 Å². The Morgan fingerprint density at radius 1 is 1.14 bits per heavy atom. The number of para-hydroxylation sites is 1. The maximum absolute atomic E-state index is 13.6. The molecule has 1 heterocycles. The summed E-state index contributed by atoms with van der Waals surface area (Å²) in [6.07, 6.45) is -0.0856. The predicted octanol–water partition coefficient (Wildman–Crippen LogP) is 2.74. The maximum Gasteiger partial charge on any atom is 0.244 e. The van der Waals surface area contributed by atoms with E-state index in [1.807, 2.05) is 6.92 Å². The number of hydrogen-bond acceptors (Lipinski definition) is 4. The molecule has 6 nitrogen and oxygen atoms in total. The summed E-state index contributed by atoms with van der Waals surface area (Å²) in [5.41, 5.74) is 1.55. The van der Waals surface area contributed by atoms with Gasteiger partial charge in [-0.05, 0) is 36.8 Å². The van der Waals surface area contributed by atoms with Crippen LogP contribution in [0.15, 0.2) is 48.5 Å². The number of anilines is 2. The quantitative estimate of drug-likeness (QED) is 0.712. The summed E-state index contributed by atoms with van der Waals surface area (Å²) in [7, 11) is 0. The van der Waals surface area contributed by atoms with Crippen LogP contribution < -0.4 is 16.0 Å². The van der Waals surface area contributed by atoms with E-state index in [1.165, 1.54) is 12.1 Å². The first-order valence-corrected chi connectivity index (χ1v) is 8.82. The summed E-state index contributed by atoms with van der Waals surface area (Å²) in [4.78, 5) is 24.4. The number of carbonyl (C=O) groups is 2. The van der Waals surface area contributed by atoms with E-state index in [4.69, 9.17) is 4.74 Å². The van der Waals surface area contributed by atoms with Crippen LogP contribution in [0.1, 0.15) is 12.5 Å². The molecule has 3 rings (SSSR count). The van der Waals surface area contributed by atoms with Gasteiger partial charge in [0.25, 0.3) is 0 Å². The van der Waals surface area contributed by atoms with Crippen LogP contribution in [0.5, 0.6) is 0 Å². The Morgan fingerprint density at radius 2 is 1.86 bits per heavy atom. The smallest absolute Gasteiger partial charge is 0.244 e. The second-order valence-corrected chi connectivity index (χ2v) is 6.40. The highest BCUT2D eigenvalue weighted by Crippen LogP contribution is 2.15. The van der Waals surface area contributed by atoms with E-state index >= 15 is 0 Å². The Balaban J connectivity index is 0.00000280. The molecule has 0 unspecified atom stereocenters. The molecule has 2 aromatic carbocycles. The number of nitrogens with one attached hydrogen (secondary N) is 3. The lowest BCUT2D eigenvalue weighted by Crippen LogP contribution is -2.53. The summed E-state index contributed by atoms with van der Waals surface area (Å²) in [6, 6.07) is 12.6. The highest BCUT2D eigenvalue weighted by Gasteiger charge is 2.28. The van der Waals surface area contributed by atoms with Crippen LogP contribution in [0.25, 0.3) is 0 Å². The van der Waals surface area contributed by atoms with Gasteiger partial charge < -0.3 is 20.7 Å². The molecule has 2 atom stereocenters. The van der Waals surface area contributed by atoms with Crippen LogP contribution in [0.2, 0.25) is 0 Å². The first-order valence-electron chi connectivity index (χ1n) is 8.82. The van der Waals surface area contributed by atoms with Gasteiger partial charge >= 0.3 is 0 Å². The van der Waals surface area contributed by atoms with Gasteiger partial charge in [-0.3, -0.25) is 9.59 Å². The normalized spacial score (nSPS) is 18.6. The molecule has 3 N–H and O–H groups in total. The molecule has 1 saturated heterocycles. The van der Waals surface area contributed by atoms with Crippen molar-refractivity contribution in [1.82, 2.24) is 5.32 Å². The first kappa shape index (κ1) is 21.8. The second-order valence-electron chi connectivity index (χ2n) is 6.40. The molecule has 1 aliphatic rings. The Kier molecular flexibility index (Phi) is 7.92. The summed E-state index contributed by atoms with van der Waals surface area (Å²) in [6.45, 7) is 3.08. The minimum Gasteiger partial charge on any atom is -0.375 e. The van der Waals surface area contributed by atoms with Crippen molar-refractivity contribution < 1.29 is 18.7 Å². The Morgan fingerprint density at radius 3 is 2.54 bits per heavy atom. The van der Waals surface area contributed by atoms with E-state index in [1.54, 1.807) is 36.4 Å². The SMILES string of the molecule is C[C@H]1OCCN[C@@H]1C(=O)Nc1ccc(CC(=O)Nc2ccccc2F)cc1.Cl. The molecule has 8 heteroatoms. The summed E-state index contributed by atoms with van der Waals surface area (Å²) >= 11 is 0. The average molecular weight is 408 g/mol. The van der Waals surface area contributed by atoms with Gasteiger partial charge in [0.1, 0.15) is 11.9 Å². The summed E-state index contributed by atoms with van der Waals surface area (Å²) in [5.74, 6) is -0.944. The van der Waals surface area contributed by atoms with Crippen molar-refractivity contribution >= 4 is 35.6 Å². The third-order valence-corrected chi connectivity index (χ3v) is 4.33. The molecule has 0 aliphatic carbocycles. The number of ether oxygens (including phenoxy) is 1. The van der Waals surface area contributed by atoms with Gasteiger partial charge in [-0.25, -0.2) is 4.39 Å². The fraction of sp³-hybridized carbons (Fsp3) is 0.300. The lowest BCUT2D eigenvalue weighted by atomic mass is 10.1. The lowest BCUT2D eigenvalue weighted by Gasteiger charge is -2.29. The third-order valence-electron chi connectivity index (χ3n) is 4.33. The molecule has 0 saturated carbocycles. The number of halogens is 2. The van der Waals surface area contributed by atoms with Crippen LogP contribution in [-0.4, -0.2) is 37.1 Å². The second kappa shape index (κ2) is 10.2. The van der Waals surface area contributed by atoms with E-state index in [0.29, 0.717) is 18.8 Å². The van der Waals surface area contributed by atoms with Gasteiger partial charge in [-0.1, -0.05) is 24.3 Å². The van der Waals surface area contributed by atoms with Gasteiger partial charge in [0.15, 0.2) is 0 Å². The molecule has 1 fully saturated rings. The molecule has 0 radical (unpaired) electrons. The number of hydrogen-bond donors (Lipinski definition) is 3. The number of amides is 2. The predicted molar refractivity (Wildman–Crippen MR) is 108 cm³/mol. The van der Waals surface area contributed by atoms with Crippen molar-refractivity contribution in [2.75, 3.05) is 23.8 Å². The highest BCUT2D eigenvalue weighted by atomic mass is 35.5. The molecule has 1 aliphatic heterocycles. The fourth-order valence-corrected chi connectivity index (χ4v) is 2.90. The monoisotopic (exact) mass is 407 g/mol. The highest BCUT2D eigenvalue weighted by molar-refractivity contribution is 5.95. The molecule has 0 bridgehead atoms. The molecular weight excluding hydrogens is 385 g/mol. The molecule has 2 amide bonds. The number of benzene rings is 2. The van der Waals surface area contributed by atoms with Crippen molar-refractivity contribution in [3.63, 3.8) is 0 Å². The number of carbonyl (C=O) groups excluding carboxylic acids is 2. The van der Waals surface area contributed by atoms with Gasteiger partial charge in [0.2, 0.25) is 11.8 Å². The molecule has 2 aromatic rings. The average Bonchev–Trinajstić information content (AvgIpc) is 2.65. The zero-order valence-corrected chi connectivity index (χ0v) is 16.2. The van der Waals surface area contributed by atoms with Crippen LogP contribution in [0, 0.1) is 5.82 Å². The van der Waals surface area contributed by atoms with E-state index in [2.05, 4.69) is 16.0 Å². The third kappa shape index (κ3) is 5.76. The maximum atomic E-state index is 13.6. The summed E-state index contributed by atoms with van der Waals surface area (Å²) < 4.78 is 19.1. The van der Waals surface area contributed by atoms with E-state index in [-0.39, 0.29) is 42.4 Å². The van der Waals surface area contributed by atoms with Crippen molar-refractivity contribution in [2.45, 2.75) is 25.5 Å². The topological polar surface area (TPSA) is 79.5 Å². The minimum absolute atomic E-state index is 0. The van der Waals surface area contributed by atoms with Crippen molar-refractivity contribution in [3.8, 4) is 0 Å². The Hall–Kier alpha value is -2.48. The first-order chi connectivity index (χ1) is 13.0. The lowest BCUT2D eigenvalue weighted by molar-refractivity contribution is -0.123. The zero-order chi connectivity index (χ0) is 19.2. The van der Waals surface area contributed by atoms with E-state index in [0.717, 1.165) is 5.56 Å². The summed E-state index contributed by atoms with van der Waals surface area (Å²) in [5, 5.41) is 8.52. The molecule has 150 valence electrons. The standard InChI is InChI=1S/C20H22FN3O3.ClH/c1-13-19(22-10-11-27-13)20(26)23-15-8-6-14(7-9-15)12-18(25)24-17-5-3-2-4-16(17)21;/h2-9,13,19,22H,10-12H2,1H3,(H,23,26)(H,24,25);1H/t13-,19+;/m1./s1. The molecular formula is C20H23ClFN3O3. The van der Waals surface area contributed by atoms with Gasteiger partial charge in [-0.2, -0.15) is 0 Å². The van der Waals surface area contributed by atoms with Crippen molar-refractivity contribution in [3.05, 3.63) is 59.9 Å². The Bertz CT molecular complexity index is 817. The van der Waals surface area contributed by atoms with Crippen LogP contribution in [-0.2, 0) is 20.7 Å². The largest absolute Gasteiger partial charge is 0.375 e. The number of morpholine rings is 1. The van der Waals surface area contributed by atoms with Crippen LogP contribution in [0.4, 0.5) is 15.8 Å². The van der Waals surface area contributed by atoms with Crippen LogP contribution >= 0.6 is 12.4 Å². The van der Waals surface area contributed by atoms with Gasteiger partial charge in [-0.15, -0.1) is 12.4 Å². The van der Waals surface area contributed by atoms with E-state index < -0.39 is 11.9 Å². The molecule has 0 aromatic heterocycles. The van der Waals surface area contributed by atoms with Crippen LogP contribution in [0.3, 0.4) is 0 Å². The minimum atomic E-state index is -0.474. The molecule has 0 spiro atoms. The zero-order valence-electron chi connectivity index (χ0n) is 15.4. The fourth-order valence-electron chi connectivity index (χ4n) is 2.90. The van der Waals surface area contributed by atoms with Gasteiger partial charge in [0, 0.05) is 12.2 Å². The molecule has 28 heavy (non-hydrogen) atoms. The Labute approximate surface area is 169 Å². The number of rotatable bonds is 5.